The maximum absolute atomic E-state index is 12.1. The Morgan fingerprint density at radius 1 is 1.19 bits per heavy atom. The number of nitrogens with zero attached hydrogens (tertiary/aromatic N) is 1. The molecule has 0 N–H and O–H groups in total. The highest BCUT2D eigenvalue weighted by Crippen LogP contribution is 2.30. The van der Waals surface area contributed by atoms with E-state index in [9.17, 15) is 9.59 Å². The Hall–Kier alpha value is -2.68. The maximum atomic E-state index is 12.1. The van der Waals surface area contributed by atoms with E-state index in [4.69, 9.17) is 14.2 Å². The zero-order valence-electron chi connectivity index (χ0n) is 14.7. The molecule has 0 amide bonds. The van der Waals surface area contributed by atoms with Gasteiger partial charge in [-0.1, -0.05) is 13.0 Å². The largest absolute Gasteiger partial charge is 0.493 e. The molecule has 138 valence electrons. The number of esters is 2. The summed E-state index contributed by atoms with van der Waals surface area (Å²) >= 11 is 2.20. The quantitative estimate of drug-likeness (QED) is 0.282. The standard InChI is InChI=1S/C20H16INO5/c1-3-18(23)26-17-11-12(4-9-16(17)25-2)10-15-20(24)27-19(22-15)13-5-7-14(21)8-6-13/h4-11H,3H2,1-2H3/b15-10+. The Morgan fingerprint density at radius 2 is 1.93 bits per heavy atom. The summed E-state index contributed by atoms with van der Waals surface area (Å²) in [4.78, 5) is 28.0. The van der Waals surface area contributed by atoms with Crippen molar-refractivity contribution in [1.29, 1.82) is 0 Å². The first-order valence-corrected chi connectivity index (χ1v) is 9.25. The molecule has 2 aromatic carbocycles. The first kappa shape index (κ1) is 19.1. The van der Waals surface area contributed by atoms with E-state index in [1.807, 2.05) is 24.3 Å². The van der Waals surface area contributed by atoms with E-state index in [0.29, 0.717) is 11.3 Å². The average Bonchev–Trinajstić information content (AvgIpc) is 3.03. The van der Waals surface area contributed by atoms with Gasteiger partial charge >= 0.3 is 11.9 Å². The molecule has 0 saturated heterocycles. The lowest BCUT2D eigenvalue weighted by Crippen LogP contribution is -2.07. The van der Waals surface area contributed by atoms with Gasteiger partial charge in [-0.3, -0.25) is 4.79 Å². The van der Waals surface area contributed by atoms with E-state index in [0.717, 1.165) is 9.13 Å². The molecule has 0 unspecified atom stereocenters. The van der Waals surface area contributed by atoms with Crippen molar-refractivity contribution in [1.82, 2.24) is 0 Å². The number of carbonyl (C=O) groups excluding carboxylic acids is 2. The fraction of sp³-hybridized carbons (Fsp3) is 0.150. The molecule has 7 heteroatoms. The third-order valence-corrected chi connectivity index (χ3v) is 4.43. The molecule has 2 aromatic rings. The van der Waals surface area contributed by atoms with Crippen LogP contribution in [0.2, 0.25) is 0 Å². The first-order valence-electron chi connectivity index (χ1n) is 8.17. The van der Waals surface area contributed by atoms with Crippen molar-refractivity contribution >= 4 is 46.5 Å². The first-order chi connectivity index (χ1) is 13.0. The third kappa shape index (κ3) is 4.54. The van der Waals surface area contributed by atoms with Gasteiger partial charge in [-0.2, -0.15) is 0 Å². The van der Waals surface area contributed by atoms with Crippen molar-refractivity contribution in [3.63, 3.8) is 0 Å². The number of cyclic esters (lactones) is 1. The smallest absolute Gasteiger partial charge is 0.363 e. The highest BCUT2D eigenvalue weighted by atomic mass is 127. The van der Waals surface area contributed by atoms with Gasteiger partial charge < -0.3 is 14.2 Å². The highest BCUT2D eigenvalue weighted by molar-refractivity contribution is 14.1. The second-order valence-electron chi connectivity index (χ2n) is 5.58. The van der Waals surface area contributed by atoms with Gasteiger partial charge in [-0.05, 0) is 70.6 Å². The minimum Gasteiger partial charge on any atom is -0.493 e. The second-order valence-corrected chi connectivity index (χ2v) is 6.83. The fourth-order valence-electron chi connectivity index (χ4n) is 2.34. The van der Waals surface area contributed by atoms with E-state index in [-0.39, 0.29) is 29.7 Å². The van der Waals surface area contributed by atoms with Crippen LogP contribution >= 0.6 is 22.6 Å². The average molecular weight is 477 g/mol. The predicted octanol–water partition coefficient (Wildman–Crippen LogP) is 3.96. The van der Waals surface area contributed by atoms with Crippen molar-refractivity contribution in [2.75, 3.05) is 7.11 Å². The number of carbonyl (C=O) groups is 2. The van der Waals surface area contributed by atoms with Crippen molar-refractivity contribution in [3.05, 3.63) is 62.9 Å². The molecule has 0 radical (unpaired) electrons. The van der Waals surface area contributed by atoms with Crippen LogP contribution in [0.5, 0.6) is 11.5 Å². The Labute approximate surface area is 170 Å². The zero-order valence-corrected chi connectivity index (χ0v) is 16.8. The van der Waals surface area contributed by atoms with Crippen molar-refractivity contribution in [2.45, 2.75) is 13.3 Å². The Morgan fingerprint density at radius 3 is 2.59 bits per heavy atom. The van der Waals surface area contributed by atoms with Crippen LogP contribution in [-0.2, 0) is 14.3 Å². The van der Waals surface area contributed by atoms with E-state index < -0.39 is 5.97 Å². The van der Waals surface area contributed by atoms with Crippen LogP contribution in [0.4, 0.5) is 0 Å². The molecule has 0 aromatic heterocycles. The molecule has 0 bridgehead atoms. The summed E-state index contributed by atoms with van der Waals surface area (Å²) in [5.41, 5.74) is 1.52. The Balaban J connectivity index is 1.91. The monoisotopic (exact) mass is 477 g/mol. The summed E-state index contributed by atoms with van der Waals surface area (Å²) in [7, 11) is 1.49. The topological polar surface area (TPSA) is 74.2 Å². The summed E-state index contributed by atoms with van der Waals surface area (Å²) < 4.78 is 16.8. The van der Waals surface area contributed by atoms with Gasteiger partial charge in [0.05, 0.1) is 7.11 Å². The molecule has 1 aliphatic heterocycles. The molecule has 0 saturated carbocycles. The Bertz CT molecular complexity index is 947. The molecule has 3 rings (SSSR count). The van der Waals surface area contributed by atoms with E-state index in [2.05, 4.69) is 27.6 Å². The minimum absolute atomic E-state index is 0.168. The molecule has 0 aliphatic carbocycles. The number of benzene rings is 2. The molecule has 27 heavy (non-hydrogen) atoms. The summed E-state index contributed by atoms with van der Waals surface area (Å²) in [6.45, 7) is 1.70. The number of rotatable bonds is 5. The van der Waals surface area contributed by atoms with Crippen LogP contribution in [0, 0.1) is 3.57 Å². The van der Waals surface area contributed by atoms with Crippen LogP contribution in [0.25, 0.3) is 6.08 Å². The maximum Gasteiger partial charge on any atom is 0.363 e. The highest BCUT2D eigenvalue weighted by Gasteiger charge is 2.24. The van der Waals surface area contributed by atoms with Crippen LogP contribution in [0.3, 0.4) is 0 Å². The van der Waals surface area contributed by atoms with E-state index >= 15 is 0 Å². The number of methoxy groups -OCH3 is 1. The van der Waals surface area contributed by atoms with Crippen molar-refractivity contribution < 1.29 is 23.8 Å². The molecule has 0 fully saturated rings. The molecule has 1 aliphatic rings. The van der Waals surface area contributed by atoms with Gasteiger partial charge in [0, 0.05) is 15.6 Å². The summed E-state index contributed by atoms with van der Waals surface area (Å²) in [5, 5.41) is 0. The van der Waals surface area contributed by atoms with E-state index in [1.165, 1.54) is 7.11 Å². The minimum atomic E-state index is -0.536. The zero-order chi connectivity index (χ0) is 19.4. The third-order valence-electron chi connectivity index (χ3n) is 3.72. The summed E-state index contributed by atoms with van der Waals surface area (Å²) in [5.74, 6) is 0.0561. The lowest BCUT2D eigenvalue weighted by Gasteiger charge is -2.09. The van der Waals surface area contributed by atoms with Gasteiger partial charge in [-0.25, -0.2) is 9.79 Å². The van der Waals surface area contributed by atoms with Gasteiger partial charge in [0.2, 0.25) is 5.90 Å². The lowest BCUT2D eigenvalue weighted by molar-refractivity contribution is -0.134. The fourth-order valence-corrected chi connectivity index (χ4v) is 2.70. The molecule has 1 heterocycles. The van der Waals surface area contributed by atoms with Crippen LogP contribution < -0.4 is 9.47 Å². The molecule has 0 atom stereocenters. The number of hydrogen-bond donors (Lipinski definition) is 0. The van der Waals surface area contributed by atoms with Crippen molar-refractivity contribution in [2.24, 2.45) is 4.99 Å². The number of ether oxygens (including phenoxy) is 3. The number of aliphatic imine (C=N–C) groups is 1. The Kier molecular flexibility index (Phi) is 5.90. The molecule has 6 nitrogen and oxygen atoms in total. The van der Waals surface area contributed by atoms with Crippen LogP contribution in [0.15, 0.2) is 53.2 Å². The molecular formula is C20H16INO5. The van der Waals surface area contributed by atoms with Crippen LogP contribution in [-0.4, -0.2) is 24.9 Å². The molecular weight excluding hydrogens is 461 g/mol. The number of hydrogen-bond acceptors (Lipinski definition) is 6. The van der Waals surface area contributed by atoms with E-state index in [1.54, 1.807) is 31.2 Å². The van der Waals surface area contributed by atoms with Gasteiger partial charge in [0.1, 0.15) is 0 Å². The summed E-state index contributed by atoms with van der Waals surface area (Å²) in [6.07, 6.45) is 1.81. The second kappa shape index (κ2) is 8.34. The normalized spacial score (nSPS) is 14.7. The van der Waals surface area contributed by atoms with Gasteiger partial charge in [-0.15, -0.1) is 0 Å². The predicted molar refractivity (Wildman–Crippen MR) is 109 cm³/mol. The van der Waals surface area contributed by atoms with Gasteiger partial charge in [0.25, 0.3) is 0 Å². The lowest BCUT2D eigenvalue weighted by atomic mass is 10.1. The van der Waals surface area contributed by atoms with Gasteiger partial charge in [0.15, 0.2) is 17.2 Å². The van der Waals surface area contributed by atoms with Crippen molar-refractivity contribution in [3.8, 4) is 11.5 Å². The summed E-state index contributed by atoms with van der Waals surface area (Å²) in [6, 6.07) is 12.5. The van der Waals surface area contributed by atoms with Crippen LogP contribution in [0.1, 0.15) is 24.5 Å². The number of halogens is 1. The molecule has 0 spiro atoms. The SMILES string of the molecule is CCC(=O)Oc1cc(/C=C2/N=C(c3ccc(I)cc3)OC2=O)ccc1OC.